The third-order valence-corrected chi connectivity index (χ3v) is 5.00. The Hall–Kier alpha value is -4.46. The average molecular weight is 445 g/mol. The van der Waals surface area contributed by atoms with Crippen LogP contribution in [-0.4, -0.2) is 31.2 Å². The second-order valence-corrected chi connectivity index (χ2v) is 6.95. The first kappa shape index (κ1) is 21.8. The molecule has 3 aromatic carbocycles. The summed E-state index contributed by atoms with van der Waals surface area (Å²) in [6.45, 7) is 0. The maximum Gasteiger partial charge on any atom is 0.426 e. The van der Waals surface area contributed by atoms with E-state index in [1.165, 1.54) is 25.3 Å². The largest absolute Gasteiger partial charge is 0.494 e. The summed E-state index contributed by atoms with van der Waals surface area (Å²) in [6.07, 6.45) is -0.938. The number of hydrazine groups is 1. The second kappa shape index (κ2) is 9.35. The standard InChI is InChI=1S/C25H20FN3O4/c1-32-23-21(24(30)29(28-25(31)33-2)20-15-9-7-13-18(20)26)17-12-6-8-14-19(17)27-22(23)16-10-4-3-5-11-16/h3-15H,1-2H3,(H,28,31). The molecule has 0 saturated heterocycles. The molecule has 0 spiro atoms. The Morgan fingerprint density at radius 2 is 1.58 bits per heavy atom. The number of methoxy groups -OCH3 is 2. The molecule has 4 rings (SSSR count). The van der Waals surface area contributed by atoms with Crippen molar-refractivity contribution in [3.63, 3.8) is 0 Å². The predicted molar refractivity (Wildman–Crippen MR) is 122 cm³/mol. The van der Waals surface area contributed by atoms with Gasteiger partial charge >= 0.3 is 6.09 Å². The molecule has 8 heteroatoms. The number of pyridine rings is 1. The fourth-order valence-electron chi connectivity index (χ4n) is 3.50. The number of para-hydroxylation sites is 2. The van der Waals surface area contributed by atoms with Crippen molar-refractivity contribution in [2.24, 2.45) is 0 Å². The fraction of sp³-hybridized carbons (Fsp3) is 0.0800. The topological polar surface area (TPSA) is 80.8 Å². The van der Waals surface area contributed by atoms with Crippen molar-refractivity contribution in [2.45, 2.75) is 0 Å². The number of halogens is 1. The van der Waals surface area contributed by atoms with Crippen LogP contribution in [-0.2, 0) is 4.74 Å². The first-order valence-corrected chi connectivity index (χ1v) is 10.0. The number of hydrogen-bond donors (Lipinski definition) is 1. The Kier molecular flexibility index (Phi) is 6.17. The van der Waals surface area contributed by atoms with Crippen molar-refractivity contribution in [1.82, 2.24) is 10.4 Å². The smallest absolute Gasteiger partial charge is 0.426 e. The number of rotatable bonds is 4. The first-order valence-electron chi connectivity index (χ1n) is 10.0. The van der Waals surface area contributed by atoms with E-state index in [4.69, 9.17) is 9.72 Å². The van der Waals surface area contributed by atoms with Gasteiger partial charge in [0.05, 0.1) is 25.3 Å². The maximum absolute atomic E-state index is 14.7. The minimum Gasteiger partial charge on any atom is -0.494 e. The van der Waals surface area contributed by atoms with Crippen LogP contribution in [0.25, 0.3) is 22.2 Å². The molecule has 4 aromatic rings. The molecule has 2 amide bonds. The van der Waals surface area contributed by atoms with Crippen LogP contribution in [0, 0.1) is 5.82 Å². The molecule has 0 bridgehead atoms. The zero-order valence-corrected chi connectivity index (χ0v) is 17.9. The second-order valence-electron chi connectivity index (χ2n) is 6.95. The van der Waals surface area contributed by atoms with Crippen molar-refractivity contribution in [3.8, 4) is 17.0 Å². The van der Waals surface area contributed by atoms with Crippen molar-refractivity contribution >= 4 is 28.6 Å². The van der Waals surface area contributed by atoms with E-state index < -0.39 is 17.8 Å². The lowest BCUT2D eigenvalue weighted by Gasteiger charge is -2.25. The lowest BCUT2D eigenvalue weighted by Crippen LogP contribution is -2.47. The van der Waals surface area contributed by atoms with Gasteiger partial charge in [0.2, 0.25) is 0 Å². The number of nitrogens with one attached hydrogen (secondary N) is 1. The summed E-state index contributed by atoms with van der Waals surface area (Å²) in [7, 11) is 2.57. The van der Waals surface area contributed by atoms with E-state index in [1.807, 2.05) is 30.3 Å². The van der Waals surface area contributed by atoms with Crippen LogP contribution < -0.4 is 15.2 Å². The van der Waals surface area contributed by atoms with E-state index in [-0.39, 0.29) is 17.0 Å². The van der Waals surface area contributed by atoms with Crippen LogP contribution >= 0.6 is 0 Å². The van der Waals surface area contributed by atoms with Gasteiger partial charge in [-0.05, 0) is 18.2 Å². The van der Waals surface area contributed by atoms with Crippen LogP contribution in [0.15, 0.2) is 78.9 Å². The zero-order valence-electron chi connectivity index (χ0n) is 17.9. The summed E-state index contributed by atoms with van der Waals surface area (Å²) in [4.78, 5) is 30.7. The van der Waals surface area contributed by atoms with Gasteiger partial charge in [-0.2, -0.15) is 0 Å². The Balaban J connectivity index is 1.99. The van der Waals surface area contributed by atoms with Crippen LogP contribution in [0.4, 0.5) is 14.9 Å². The monoisotopic (exact) mass is 445 g/mol. The van der Waals surface area contributed by atoms with Gasteiger partial charge in [0.15, 0.2) is 5.75 Å². The highest BCUT2D eigenvalue weighted by Crippen LogP contribution is 2.37. The molecule has 0 saturated carbocycles. The van der Waals surface area contributed by atoms with Crippen LogP contribution in [0.1, 0.15) is 10.4 Å². The molecule has 0 radical (unpaired) electrons. The van der Waals surface area contributed by atoms with Crippen molar-refractivity contribution in [2.75, 3.05) is 19.2 Å². The number of amides is 2. The number of anilines is 1. The highest BCUT2D eigenvalue weighted by atomic mass is 19.1. The molecule has 33 heavy (non-hydrogen) atoms. The highest BCUT2D eigenvalue weighted by molar-refractivity contribution is 6.17. The van der Waals surface area contributed by atoms with Gasteiger partial charge in [0.25, 0.3) is 5.91 Å². The van der Waals surface area contributed by atoms with E-state index in [1.54, 1.807) is 30.3 Å². The van der Waals surface area contributed by atoms with Gasteiger partial charge < -0.3 is 9.47 Å². The maximum atomic E-state index is 14.7. The van der Waals surface area contributed by atoms with Gasteiger partial charge in [-0.3, -0.25) is 4.79 Å². The molecule has 7 nitrogen and oxygen atoms in total. The lowest BCUT2D eigenvalue weighted by atomic mass is 10.0. The van der Waals surface area contributed by atoms with Gasteiger partial charge in [0.1, 0.15) is 17.2 Å². The normalized spacial score (nSPS) is 10.5. The van der Waals surface area contributed by atoms with Gasteiger partial charge in [0, 0.05) is 10.9 Å². The molecule has 0 aliphatic rings. The molecule has 166 valence electrons. The summed E-state index contributed by atoms with van der Waals surface area (Å²) in [5, 5.41) is 1.28. The van der Waals surface area contributed by atoms with Crippen molar-refractivity contribution < 1.29 is 23.5 Å². The molecular formula is C25H20FN3O4. The molecule has 0 fully saturated rings. The van der Waals surface area contributed by atoms with Crippen molar-refractivity contribution in [1.29, 1.82) is 0 Å². The number of fused-ring (bicyclic) bond motifs is 1. The number of carbonyl (C=O) groups excluding carboxylic acids is 2. The van der Waals surface area contributed by atoms with E-state index in [2.05, 4.69) is 10.2 Å². The molecule has 0 aliphatic heterocycles. The third-order valence-electron chi connectivity index (χ3n) is 5.00. The first-order chi connectivity index (χ1) is 16.0. The molecule has 0 atom stereocenters. The van der Waals surface area contributed by atoms with E-state index >= 15 is 0 Å². The van der Waals surface area contributed by atoms with E-state index in [0.717, 1.165) is 17.7 Å². The summed E-state index contributed by atoms with van der Waals surface area (Å²) in [5.74, 6) is -1.24. The highest BCUT2D eigenvalue weighted by Gasteiger charge is 2.30. The predicted octanol–water partition coefficient (Wildman–Crippen LogP) is 4.97. The van der Waals surface area contributed by atoms with Crippen LogP contribution in [0.5, 0.6) is 5.75 Å². The molecule has 1 aromatic heterocycles. The summed E-state index contributed by atoms with van der Waals surface area (Å²) >= 11 is 0. The minimum absolute atomic E-state index is 0.113. The number of carbonyl (C=O) groups is 2. The third kappa shape index (κ3) is 4.18. The summed E-state index contributed by atoms with van der Waals surface area (Å²) in [5.41, 5.74) is 3.96. The lowest BCUT2D eigenvalue weighted by molar-refractivity contribution is 0.0962. The number of ether oxygens (including phenoxy) is 2. The van der Waals surface area contributed by atoms with Gasteiger partial charge in [-0.15, -0.1) is 0 Å². The molecule has 1 N–H and O–H groups in total. The molecule has 0 unspecified atom stereocenters. The van der Waals surface area contributed by atoms with Gasteiger partial charge in [-0.1, -0.05) is 60.7 Å². The molecular weight excluding hydrogens is 425 g/mol. The van der Waals surface area contributed by atoms with E-state index in [9.17, 15) is 14.0 Å². The van der Waals surface area contributed by atoms with Crippen molar-refractivity contribution in [3.05, 3.63) is 90.2 Å². The fourth-order valence-corrected chi connectivity index (χ4v) is 3.50. The van der Waals surface area contributed by atoms with E-state index in [0.29, 0.717) is 16.6 Å². The number of aromatic nitrogens is 1. The van der Waals surface area contributed by atoms with Gasteiger partial charge in [-0.25, -0.2) is 24.6 Å². The molecule has 1 heterocycles. The SMILES string of the molecule is COC(=O)NN(C(=O)c1c(OC)c(-c2ccccc2)nc2ccccc12)c1ccccc1F. The Labute approximate surface area is 189 Å². The summed E-state index contributed by atoms with van der Waals surface area (Å²) in [6, 6.07) is 21.9. The Morgan fingerprint density at radius 3 is 2.27 bits per heavy atom. The average Bonchev–Trinajstić information content (AvgIpc) is 2.86. The Bertz CT molecular complexity index is 1330. The number of nitrogens with zero attached hydrogens (tertiary/aromatic N) is 2. The number of hydrogen-bond acceptors (Lipinski definition) is 5. The molecule has 0 aliphatic carbocycles. The van der Waals surface area contributed by atoms with Crippen LogP contribution in [0.2, 0.25) is 0 Å². The quantitative estimate of drug-likeness (QED) is 0.449. The Morgan fingerprint density at radius 1 is 0.909 bits per heavy atom. The summed E-state index contributed by atoms with van der Waals surface area (Å²) < 4.78 is 25.0. The minimum atomic E-state index is -0.938. The zero-order chi connectivity index (χ0) is 23.4. The van der Waals surface area contributed by atoms with Crippen LogP contribution in [0.3, 0.4) is 0 Å². The number of benzene rings is 3.